The van der Waals surface area contributed by atoms with E-state index in [1.165, 1.54) is 4.57 Å². The maximum Gasteiger partial charge on any atom is 0.343 e. The monoisotopic (exact) mass is 283 g/mol. The number of aliphatic hydroxyl groups excluding tert-OH is 1. The van der Waals surface area contributed by atoms with Gasteiger partial charge >= 0.3 is 5.69 Å². The highest BCUT2D eigenvalue weighted by molar-refractivity contribution is 9.10. The predicted molar refractivity (Wildman–Crippen MR) is 62.9 cm³/mol. The van der Waals surface area contributed by atoms with Crippen LogP contribution in [0.4, 0.5) is 0 Å². The molecule has 2 N–H and O–H groups in total. The summed E-state index contributed by atoms with van der Waals surface area (Å²) in [5.41, 5.74) is 1.35. The smallest absolute Gasteiger partial charge is 0.343 e. The van der Waals surface area contributed by atoms with Gasteiger partial charge in [0.25, 0.3) is 0 Å². The van der Waals surface area contributed by atoms with Crippen LogP contribution in [-0.2, 0) is 13.7 Å². The fourth-order valence-corrected chi connectivity index (χ4v) is 1.92. The van der Waals surface area contributed by atoms with Crippen molar-refractivity contribution in [3.63, 3.8) is 0 Å². The molecular weight excluding hydrogens is 274 g/mol. The Hall–Kier alpha value is -1.40. The van der Waals surface area contributed by atoms with Gasteiger partial charge in [-0.2, -0.15) is 5.10 Å². The topological polar surface area (TPSA) is 70.9 Å². The van der Waals surface area contributed by atoms with Gasteiger partial charge in [0.05, 0.1) is 6.61 Å². The number of benzene rings is 1. The molecule has 0 atom stereocenters. The minimum Gasteiger partial charge on any atom is -0.392 e. The van der Waals surface area contributed by atoms with Crippen molar-refractivity contribution in [1.29, 1.82) is 0 Å². The third kappa shape index (κ3) is 1.81. The Balaban J connectivity index is 2.53. The van der Waals surface area contributed by atoms with Gasteiger partial charge in [-0.3, -0.25) is 4.57 Å². The SMILES string of the molecule is Cn1c(-c2ccc(CO)c(Br)c2)n[nH]c1=O. The number of H-pyrrole nitrogens is 1. The van der Waals surface area contributed by atoms with E-state index in [0.717, 1.165) is 15.6 Å². The predicted octanol–water partition coefficient (Wildman–Crippen LogP) is 1.03. The summed E-state index contributed by atoms with van der Waals surface area (Å²) in [6.45, 7) is -0.0274. The first kappa shape index (κ1) is 11.1. The molecule has 0 saturated carbocycles. The van der Waals surface area contributed by atoms with E-state index >= 15 is 0 Å². The third-order valence-corrected chi connectivity index (χ3v) is 3.10. The lowest BCUT2D eigenvalue weighted by molar-refractivity contribution is 0.281. The molecule has 1 aromatic heterocycles. The highest BCUT2D eigenvalue weighted by atomic mass is 79.9. The van der Waals surface area contributed by atoms with E-state index < -0.39 is 0 Å². The van der Waals surface area contributed by atoms with Crippen molar-refractivity contribution in [3.8, 4) is 11.4 Å². The van der Waals surface area contributed by atoms with Gasteiger partial charge in [-0.05, 0) is 11.6 Å². The van der Waals surface area contributed by atoms with Crippen LogP contribution < -0.4 is 5.69 Å². The van der Waals surface area contributed by atoms with Gasteiger partial charge in [-0.25, -0.2) is 9.89 Å². The second-order valence-electron chi connectivity index (χ2n) is 3.38. The van der Waals surface area contributed by atoms with Crippen molar-refractivity contribution < 1.29 is 5.11 Å². The average Bonchev–Trinajstić information content (AvgIpc) is 2.60. The molecule has 0 aliphatic rings. The summed E-state index contributed by atoms with van der Waals surface area (Å²) in [6, 6.07) is 5.42. The van der Waals surface area contributed by atoms with Gasteiger partial charge in [0, 0.05) is 17.1 Å². The maximum absolute atomic E-state index is 11.2. The number of aromatic amines is 1. The van der Waals surface area contributed by atoms with Crippen molar-refractivity contribution in [2.24, 2.45) is 7.05 Å². The number of aliphatic hydroxyl groups is 1. The first-order valence-electron chi connectivity index (χ1n) is 4.64. The van der Waals surface area contributed by atoms with Crippen LogP contribution in [0.3, 0.4) is 0 Å². The molecule has 1 heterocycles. The van der Waals surface area contributed by atoms with Crippen LogP contribution in [0.25, 0.3) is 11.4 Å². The summed E-state index contributed by atoms with van der Waals surface area (Å²) in [5.74, 6) is 0.565. The van der Waals surface area contributed by atoms with Crippen LogP contribution in [0.5, 0.6) is 0 Å². The number of nitrogens with one attached hydrogen (secondary N) is 1. The number of hydrogen-bond donors (Lipinski definition) is 2. The Bertz CT molecular complexity index is 574. The molecule has 5 nitrogen and oxygen atoms in total. The van der Waals surface area contributed by atoms with Crippen LogP contribution in [-0.4, -0.2) is 19.9 Å². The van der Waals surface area contributed by atoms with Crippen LogP contribution in [0.1, 0.15) is 5.56 Å². The summed E-state index contributed by atoms with van der Waals surface area (Å²) in [6.07, 6.45) is 0. The molecule has 0 amide bonds. The number of rotatable bonds is 2. The van der Waals surface area contributed by atoms with Crippen LogP contribution >= 0.6 is 15.9 Å². The molecule has 0 spiro atoms. The zero-order chi connectivity index (χ0) is 11.7. The molecule has 6 heteroatoms. The molecule has 0 saturated heterocycles. The summed E-state index contributed by atoms with van der Waals surface area (Å²) in [5, 5.41) is 15.3. The van der Waals surface area contributed by atoms with E-state index in [-0.39, 0.29) is 12.3 Å². The number of halogens is 1. The van der Waals surface area contributed by atoms with E-state index in [2.05, 4.69) is 26.1 Å². The van der Waals surface area contributed by atoms with Crippen LogP contribution in [0.15, 0.2) is 27.5 Å². The first-order chi connectivity index (χ1) is 7.63. The fraction of sp³-hybridized carbons (Fsp3) is 0.200. The van der Waals surface area contributed by atoms with Gasteiger partial charge in [0.2, 0.25) is 0 Å². The Morgan fingerprint density at radius 1 is 1.56 bits per heavy atom. The zero-order valence-electron chi connectivity index (χ0n) is 8.57. The fourth-order valence-electron chi connectivity index (χ4n) is 1.42. The second-order valence-corrected chi connectivity index (χ2v) is 4.23. The quantitative estimate of drug-likeness (QED) is 0.865. The zero-order valence-corrected chi connectivity index (χ0v) is 10.2. The molecule has 16 heavy (non-hydrogen) atoms. The molecule has 0 bridgehead atoms. The van der Waals surface area contributed by atoms with E-state index in [1.54, 1.807) is 13.1 Å². The number of nitrogens with zero attached hydrogens (tertiary/aromatic N) is 2. The molecule has 0 aliphatic heterocycles. The molecular formula is C10H10BrN3O2. The Labute approximate surface area is 99.9 Å². The van der Waals surface area contributed by atoms with Crippen LogP contribution in [0, 0.1) is 0 Å². The maximum atomic E-state index is 11.2. The minimum atomic E-state index is -0.252. The Kier molecular flexibility index (Phi) is 2.93. The van der Waals surface area contributed by atoms with Gasteiger partial charge in [0.1, 0.15) is 0 Å². The first-order valence-corrected chi connectivity index (χ1v) is 5.44. The van der Waals surface area contributed by atoms with E-state index in [9.17, 15) is 4.79 Å². The summed E-state index contributed by atoms with van der Waals surface area (Å²) >= 11 is 3.35. The lowest BCUT2D eigenvalue weighted by Gasteiger charge is -2.04. The number of hydrogen-bond acceptors (Lipinski definition) is 3. The third-order valence-electron chi connectivity index (χ3n) is 2.36. The van der Waals surface area contributed by atoms with Gasteiger partial charge in [0.15, 0.2) is 5.82 Å². The molecule has 0 aliphatic carbocycles. The Morgan fingerprint density at radius 3 is 2.81 bits per heavy atom. The lowest BCUT2D eigenvalue weighted by Crippen LogP contribution is -2.13. The molecule has 0 radical (unpaired) electrons. The minimum absolute atomic E-state index is 0.0274. The van der Waals surface area contributed by atoms with E-state index in [4.69, 9.17) is 5.11 Å². The lowest BCUT2D eigenvalue weighted by atomic mass is 10.1. The van der Waals surface area contributed by atoms with E-state index in [0.29, 0.717) is 5.82 Å². The van der Waals surface area contributed by atoms with Gasteiger partial charge < -0.3 is 5.11 Å². The van der Waals surface area contributed by atoms with Crippen molar-refractivity contribution in [1.82, 2.24) is 14.8 Å². The van der Waals surface area contributed by atoms with E-state index in [1.807, 2.05) is 12.1 Å². The van der Waals surface area contributed by atoms with Crippen molar-refractivity contribution in [2.45, 2.75) is 6.61 Å². The van der Waals surface area contributed by atoms with Crippen molar-refractivity contribution in [3.05, 3.63) is 38.7 Å². The summed E-state index contributed by atoms with van der Waals surface area (Å²) < 4.78 is 2.23. The van der Waals surface area contributed by atoms with Crippen molar-refractivity contribution in [2.75, 3.05) is 0 Å². The average molecular weight is 284 g/mol. The highest BCUT2D eigenvalue weighted by Crippen LogP contribution is 2.23. The molecule has 2 rings (SSSR count). The standard InChI is InChI=1S/C10H10BrN3O2/c1-14-9(12-13-10(14)16)6-2-3-7(5-15)8(11)4-6/h2-4,15H,5H2,1H3,(H,13,16). The largest absolute Gasteiger partial charge is 0.392 e. The molecule has 1 aromatic carbocycles. The van der Waals surface area contributed by atoms with Crippen molar-refractivity contribution >= 4 is 15.9 Å². The summed E-state index contributed by atoms with van der Waals surface area (Å²) in [4.78, 5) is 11.2. The van der Waals surface area contributed by atoms with Gasteiger partial charge in [-0.1, -0.05) is 28.1 Å². The van der Waals surface area contributed by atoms with Crippen LogP contribution in [0.2, 0.25) is 0 Å². The summed E-state index contributed by atoms with van der Waals surface area (Å²) in [7, 11) is 1.65. The number of aromatic nitrogens is 3. The van der Waals surface area contributed by atoms with Gasteiger partial charge in [-0.15, -0.1) is 0 Å². The molecule has 2 aromatic rings. The normalized spacial score (nSPS) is 10.7. The second kappa shape index (κ2) is 4.23. The molecule has 84 valence electrons. The molecule has 0 unspecified atom stereocenters. The molecule has 0 fully saturated rings. The Morgan fingerprint density at radius 2 is 2.31 bits per heavy atom. The highest BCUT2D eigenvalue weighted by Gasteiger charge is 2.08.